The van der Waals surface area contributed by atoms with E-state index in [9.17, 15) is 19.0 Å². The maximum absolute atomic E-state index is 14.2. The second kappa shape index (κ2) is 5.69. The molecule has 0 spiro atoms. The number of hydrogen-bond donors (Lipinski definition) is 2. The van der Waals surface area contributed by atoms with Crippen LogP contribution in [0, 0.1) is 6.92 Å². The third-order valence-electron chi connectivity index (χ3n) is 3.24. The molecule has 0 heterocycles. The van der Waals surface area contributed by atoms with E-state index in [0.717, 1.165) is 5.56 Å². The van der Waals surface area contributed by atoms with Crippen molar-refractivity contribution in [1.29, 1.82) is 0 Å². The van der Waals surface area contributed by atoms with Gasteiger partial charge in [-0.25, -0.2) is 8.78 Å². The summed E-state index contributed by atoms with van der Waals surface area (Å²) in [5.74, 6) is -3.67. The van der Waals surface area contributed by atoms with Gasteiger partial charge in [0, 0.05) is 0 Å². The number of hydrogen-bond acceptors (Lipinski definition) is 2. The predicted octanol–water partition coefficient (Wildman–Crippen LogP) is 3.40. The van der Waals surface area contributed by atoms with Crippen molar-refractivity contribution in [2.45, 2.75) is 25.1 Å². The SMILES string of the molecule is Cc1ccc([C@H](O)C(F)(F)[C@@H](O)c2ccccc2)cc1. The van der Waals surface area contributed by atoms with E-state index >= 15 is 0 Å². The van der Waals surface area contributed by atoms with Gasteiger partial charge < -0.3 is 10.2 Å². The highest BCUT2D eigenvalue weighted by Crippen LogP contribution is 2.41. The topological polar surface area (TPSA) is 40.5 Å². The fraction of sp³-hybridized carbons (Fsp3) is 0.250. The Kier molecular flexibility index (Phi) is 4.16. The molecule has 0 aliphatic carbocycles. The van der Waals surface area contributed by atoms with Gasteiger partial charge in [-0.2, -0.15) is 0 Å². The lowest BCUT2D eigenvalue weighted by atomic mass is 9.94. The van der Waals surface area contributed by atoms with Crippen LogP contribution in [0.5, 0.6) is 0 Å². The molecule has 0 saturated carbocycles. The van der Waals surface area contributed by atoms with Gasteiger partial charge in [0.1, 0.15) is 12.2 Å². The molecule has 2 aromatic carbocycles. The summed E-state index contributed by atoms with van der Waals surface area (Å²) >= 11 is 0. The van der Waals surface area contributed by atoms with Gasteiger partial charge >= 0.3 is 5.92 Å². The summed E-state index contributed by atoms with van der Waals surface area (Å²) in [4.78, 5) is 0. The number of alkyl halides is 2. The molecule has 2 nitrogen and oxygen atoms in total. The highest BCUT2D eigenvalue weighted by molar-refractivity contribution is 5.27. The number of benzene rings is 2. The Morgan fingerprint density at radius 3 is 1.75 bits per heavy atom. The van der Waals surface area contributed by atoms with Crippen LogP contribution in [-0.4, -0.2) is 16.1 Å². The molecule has 2 N–H and O–H groups in total. The number of rotatable bonds is 4. The van der Waals surface area contributed by atoms with Gasteiger partial charge in [0.2, 0.25) is 0 Å². The van der Waals surface area contributed by atoms with Gasteiger partial charge in [-0.15, -0.1) is 0 Å². The first-order valence-corrected chi connectivity index (χ1v) is 6.28. The van der Waals surface area contributed by atoms with E-state index in [1.54, 1.807) is 30.3 Å². The summed E-state index contributed by atoms with van der Waals surface area (Å²) in [5.41, 5.74) is 1.06. The largest absolute Gasteiger partial charge is 0.382 e. The van der Waals surface area contributed by atoms with Crippen molar-refractivity contribution in [2.75, 3.05) is 0 Å². The fourth-order valence-electron chi connectivity index (χ4n) is 1.98. The summed E-state index contributed by atoms with van der Waals surface area (Å²) in [5, 5.41) is 19.7. The molecule has 0 aliphatic heterocycles. The third-order valence-corrected chi connectivity index (χ3v) is 3.24. The van der Waals surface area contributed by atoms with Crippen molar-refractivity contribution in [3.8, 4) is 0 Å². The summed E-state index contributed by atoms with van der Waals surface area (Å²) in [6.45, 7) is 1.83. The molecular formula is C16H16F2O2. The van der Waals surface area contributed by atoms with Gasteiger partial charge in [-0.05, 0) is 18.1 Å². The fourth-order valence-corrected chi connectivity index (χ4v) is 1.98. The van der Waals surface area contributed by atoms with Crippen molar-refractivity contribution in [1.82, 2.24) is 0 Å². The smallest absolute Gasteiger partial charge is 0.306 e. The highest BCUT2D eigenvalue weighted by atomic mass is 19.3. The molecule has 2 rings (SSSR count). The minimum Gasteiger partial charge on any atom is -0.382 e. The maximum Gasteiger partial charge on any atom is 0.306 e. The first-order valence-electron chi connectivity index (χ1n) is 6.28. The van der Waals surface area contributed by atoms with Crippen LogP contribution in [0.2, 0.25) is 0 Å². The van der Waals surface area contributed by atoms with Crippen molar-refractivity contribution in [2.24, 2.45) is 0 Å². The number of aliphatic hydroxyl groups is 2. The predicted molar refractivity (Wildman–Crippen MR) is 72.5 cm³/mol. The van der Waals surface area contributed by atoms with E-state index in [2.05, 4.69) is 0 Å². The molecule has 2 aromatic rings. The minimum atomic E-state index is -3.67. The molecule has 106 valence electrons. The van der Waals surface area contributed by atoms with Crippen LogP contribution in [0.25, 0.3) is 0 Å². The Morgan fingerprint density at radius 1 is 0.800 bits per heavy atom. The van der Waals surface area contributed by atoms with E-state index in [1.807, 2.05) is 6.92 Å². The van der Waals surface area contributed by atoms with E-state index in [-0.39, 0.29) is 11.1 Å². The van der Waals surface area contributed by atoms with Crippen molar-refractivity contribution >= 4 is 0 Å². The lowest BCUT2D eigenvalue weighted by molar-refractivity contribution is -0.181. The third kappa shape index (κ3) is 2.86. The van der Waals surface area contributed by atoms with E-state index in [4.69, 9.17) is 0 Å². The molecule has 0 bridgehead atoms. The lowest BCUT2D eigenvalue weighted by Crippen LogP contribution is -2.33. The van der Waals surface area contributed by atoms with Crippen LogP contribution in [0.15, 0.2) is 54.6 Å². The Hall–Kier alpha value is -1.78. The second-order valence-electron chi connectivity index (χ2n) is 4.80. The van der Waals surface area contributed by atoms with Crippen molar-refractivity contribution in [3.63, 3.8) is 0 Å². The van der Waals surface area contributed by atoms with Gasteiger partial charge in [0.15, 0.2) is 0 Å². The number of aryl methyl sites for hydroxylation is 1. The van der Waals surface area contributed by atoms with Crippen molar-refractivity contribution < 1.29 is 19.0 Å². The maximum atomic E-state index is 14.2. The molecule has 0 amide bonds. The minimum absolute atomic E-state index is 0.0728. The molecule has 0 fully saturated rings. The summed E-state index contributed by atoms with van der Waals surface area (Å²) in [6, 6.07) is 13.8. The Balaban J connectivity index is 2.27. The van der Waals surface area contributed by atoms with Crippen LogP contribution >= 0.6 is 0 Å². The summed E-state index contributed by atoms with van der Waals surface area (Å²) in [6.07, 6.45) is -4.11. The van der Waals surface area contributed by atoms with Crippen molar-refractivity contribution in [3.05, 3.63) is 71.3 Å². The van der Waals surface area contributed by atoms with Crippen LogP contribution in [0.4, 0.5) is 8.78 Å². The summed E-state index contributed by atoms with van der Waals surface area (Å²) < 4.78 is 28.4. The number of aliphatic hydroxyl groups excluding tert-OH is 2. The van der Waals surface area contributed by atoms with E-state index < -0.39 is 18.1 Å². The Bertz CT molecular complexity index is 552. The highest BCUT2D eigenvalue weighted by Gasteiger charge is 2.47. The average molecular weight is 278 g/mol. The molecule has 0 radical (unpaired) electrons. The van der Waals surface area contributed by atoms with Crippen LogP contribution in [0.1, 0.15) is 28.9 Å². The Labute approximate surface area is 116 Å². The number of halogens is 2. The van der Waals surface area contributed by atoms with E-state index in [1.165, 1.54) is 24.3 Å². The average Bonchev–Trinajstić information content (AvgIpc) is 2.47. The zero-order valence-electron chi connectivity index (χ0n) is 11.0. The lowest BCUT2D eigenvalue weighted by Gasteiger charge is -2.28. The molecule has 20 heavy (non-hydrogen) atoms. The quantitative estimate of drug-likeness (QED) is 0.900. The molecule has 0 aliphatic rings. The van der Waals surface area contributed by atoms with Gasteiger partial charge in [-0.3, -0.25) is 0 Å². The molecule has 2 atom stereocenters. The molecule has 0 aromatic heterocycles. The zero-order valence-corrected chi connectivity index (χ0v) is 11.0. The zero-order chi connectivity index (χ0) is 14.8. The molecule has 0 unspecified atom stereocenters. The monoisotopic (exact) mass is 278 g/mol. The molecule has 4 heteroatoms. The first kappa shape index (κ1) is 14.6. The van der Waals surface area contributed by atoms with Gasteiger partial charge in [-0.1, -0.05) is 60.2 Å². The molecular weight excluding hydrogens is 262 g/mol. The molecule has 0 saturated heterocycles. The second-order valence-corrected chi connectivity index (χ2v) is 4.80. The van der Waals surface area contributed by atoms with Gasteiger partial charge in [0.05, 0.1) is 0 Å². The van der Waals surface area contributed by atoms with E-state index in [0.29, 0.717) is 0 Å². The van der Waals surface area contributed by atoms with Crippen LogP contribution < -0.4 is 0 Å². The standard InChI is InChI=1S/C16H16F2O2/c1-11-7-9-13(10-8-11)15(20)16(17,18)14(19)12-5-3-2-4-6-12/h2-10,14-15,19-20H,1H3/t14-,15-/m0/s1. The summed E-state index contributed by atoms with van der Waals surface area (Å²) in [7, 11) is 0. The normalized spacial score (nSPS) is 14.8. The van der Waals surface area contributed by atoms with Crippen LogP contribution in [0.3, 0.4) is 0 Å². The Morgan fingerprint density at radius 2 is 1.25 bits per heavy atom. The van der Waals surface area contributed by atoms with Crippen LogP contribution in [-0.2, 0) is 0 Å². The first-order chi connectivity index (χ1) is 9.43. The van der Waals surface area contributed by atoms with Gasteiger partial charge in [0.25, 0.3) is 0 Å².